The quantitative estimate of drug-likeness (QED) is 0.345. The molecule has 9 nitrogen and oxygen atoms in total. The van der Waals surface area contributed by atoms with Crippen molar-refractivity contribution in [1.29, 1.82) is 0 Å². The first-order valence-corrected chi connectivity index (χ1v) is 8.90. The maximum absolute atomic E-state index is 12.2. The summed E-state index contributed by atoms with van der Waals surface area (Å²) < 4.78 is 65.1. The molecule has 2 rings (SSSR count). The molecule has 1 fully saturated rings. The van der Waals surface area contributed by atoms with Crippen LogP contribution in [0, 0.1) is 0 Å². The van der Waals surface area contributed by atoms with Gasteiger partial charge in [0.2, 0.25) is 0 Å². The lowest BCUT2D eigenvalue weighted by Gasteiger charge is -2.25. The number of nitrogens with zero attached hydrogens (tertiary/aromatic N) is 1. The van der Waals surface area contributed by atoms with E-state index in [9.17, 15) is 31.5 Å². The number of alkyl halides is 3. The normalized spacial score (nSPS) is 20.3. The van der Waals surface area contributed by atoms with Crippen LogP contribution in [0.25, 0.3) is 0 Å². The highest BCUT2D eigenvalue weighted by Gasteiger charge is 2.45. The molecule has 1 unspecified atom stereocenters. The fourth-order valence-corrected chi connectivity index (χ4v) is 3.05. The lowest BCUT2D eigenvalue weighted by Crippen LogP contribution is -2.49. The number of anilines is 1. The van der Waals surface area contributed by atoms with E-state index in [1.807, 2.05) is 0 Å². The molecule has 1 saturated heterocycles. The van der Waals surface area contributed by atoms with Crippen LogP contribution in [0.15, 0.2) is 24.3 Å². The van der Waals surface area contributed by atoms with Crippen LogP contribution in [0.3, 0.4) is 0 Å². The summed E-state index contributed by atoms with van der Waals surface area (Å²) in [4.78, 5) is 24.9. The molecule has 1 heterocycles. The lowest BCUT2D eigenvalue weighted by molar-refractivity contribution is -0.153. The molecule has 2 amide bonds. The van der Waals surface area contributed by atoms with E-state index in [2.05, 4.69) is 4.74 Å². The lowest BCUT2D eigenvalue weighted by atomic mass is 10.0. The minimum Gasteiger partial charge on any atom is -0.484 e. The topological polar surface area (TPSA) is 125 Å². The average molecular weight is 426 g/mol. The molecular formula is C15H17F3N2O7S. The van der Waals surface area contributed by atoms with E-state index in [-0.39, 0.29) is 18.7 Å². The number of rotatable bonds is 7. The molecule has 3 N–H and O–H groups in total. The maximum Gasteiger partial charge on any atom is 0.422 e. The third-order valence-corrected chi connectivity index (χ3v) is 5.13. The van der Waals surface area contributed by atoms with Crippen LogP contribution >= 0.6 is 0 Å². The van der Waals surface area contributed by atoms with Crippen molar-refractivity contribution in [2.75, 3.05) is 18.1 Å². The van der Waals surface area contributed by atoms with E-state index in [1.54, 1.807) is 0 Å². The van der Waals surface area contributed by atoms with E-state index in [4.69, 9.17) is 9.94 Å². The Bertz CT molecular complexity index is 759. The van der Waals surface area contributed by atoms with Crippen LogP contribution < -0.4 is 15.1 Å². The first-order valence-electron chi connectivity index (χ1n) is 7.79. The molecule has 13 heteroatoms. The van der Waals surface area contributed by atoms with Crippen LogP contribution in [0.2, 0.25) is 0 Å². The number of nitrogens with one attached hydrogen (secondary N) is 1. The summed E-state index contributed by atoms with van der Waals surface area (Å²) in [6.45, 7) is -0.408. The zero-order valence-corrected chi connectivity index (χ0v) is 15.2. The molecule has 0 bridgehead atoms. The fraction of sp³-hybridized carbons (Fsp3) is 0.467. The molecule has 0 radical (unpaired) electrons. The van der Waals surface area contributed by atoms with Crippen molar-refractivity contribution in [3.05, 3.63) is 24.3 Å². The molecule has 0 aliphatic carbocycles. The number of carbonyl (C=O) groups excluding carboxylic acids is 2. The predicted octanol–water partition coefficient (Wildman–Crippen LogP) is 1.83. The molecule has 0 aromatic heterocycles. The molecule has 1 aromatic rings. The third kappa shape index (κ3) is 5.11. The SMILES string of the molecule is C[C@@](C[C@H]1CN(c2ccc(OCC(F)(F)F)cc2)C(=O)O1)(C(=O)NO)S(=O)O. The Kier molecular flexibility index (Phi) is 6.52. The highest BCUT2D eigenvalue weighted by Crippen LogP contribution is 2.29. The Labute approximate surface area is 159 Å². The Morgan fingerprint density at radius 1 is 1.39 bits per heavy atom. The third-order valence-electron chi connectivity index (χ3n) is 4.01. The first kappa shape index (κ1) is 21.9. The minimum atomic E-state index is -4.48. The zero-order chi connectivity index (χ0) is 21.1. The predicted molar refractivity (Wildman–Crippen MR) is 89.3 cm³/mol. The molecule has 1 aromatic carbocycles. The van der Waals surface area contributed by atoms with Crippen LogP contribution in [0.1, 0.15) is 13.3 Å². The number of cyclic esters (lactones) is 1. The van der Waals surface area contributed by atoms with Gasteiger partial charge in [0.1, 0.15) is 11.9 Å². The van der Waals surface area contributed by atoms with Gasteiger partial charge in [0, 0.05) is 12.1 Å². The van der Waals surface area contributed by atoms with Gasteiger partial charge in [-0.1, -0.05) is 0 Å². The summed E-state index contributed by atoms with van der Waals surface area (Å²) in [7, 11) is 0. The summed E-state index contributed by atoms with van der Waals surface area (Å²) in [6, 6.07) is 5.18. The van der Waals surface area contributed by atoms with Gasteiger partial charge in [-0.3, -0.25) is 14.9 Å². The van der Waals surface area contributed by atoms with Crippen LogP contribution in [-0.2, 0) is 20.6 Å². The number of ether oxygens (including phenoxy) is 2. The van der Waals surface area contributed by atoms with Crippen molar-refractivity contribution in [3.8, 4) is 5.75 Å². The van der Waals surface area contributed by atoms with Gasteiger partial charge < -0.3 is 14.0 Å². The molecule has 1 aliphatic heterocycles. The van der Waals surface area contributed by atoms with Crippen LogP contribution in [0.5, 0.6) is 5.75 Å². The molecule has 0 saturated carbocycles. The second-order valence-electron chi connectivity index (χ2n) is 6.14. The van der Waals surface area contributed by atoms with Crippen molar-refractivity contribution in [2.45, 2.75) is 30.4 Å². The van der Waals surface area contributed by atoms with E-state index in [0.717, 1.165) is 11.8 Å². The van der Waals surface area contributed by atoms with E-state index in [1.165, 1.54) is 29.7 Å². The van der Waals surface area contributed by atoms with Crippen molar-refractivity contribution >= 4 is 28.8 Å². The first-order chi connectivity index (χ1) is 13.0. The number of halogens is 3. The molecule has 3 atom stereocenters. The van der Waals surface area contributed by atoms with E-state index in [0.29, 0.717) is 5.69 Å². The summed E-state index contributed by atoms with van der Waals surface area (Å²) in [5.74, 6) is -1.16. The van der Waals surface area contributed by atoms with Crippen LogP contribution in [-0.4, -0.2) is 56.1 Å². The standard InChI is InChI=1S/C15H17F3N2O7S/c1-14(28(24)25,12(21)19-23)6-11-7-20(13(22)27-11)9-2-4-10(5-3-9)26-8-15(16,17)18/h2-5,11,23H,6-8H2,1H3,(H,19,21)(H,24,25)/t11-,14+/m0/s1. The van der Waals surface area contributed by atoms with Crippen LogP contribution in [0.4, 0.5) is 23.7 Å². The van der Waals surface area contributed by atoms with Gasteiger partial charge in [-0.05, 0) is 31.2 Å². The van der Waals surface area contributed by atoms with E-state index >= 15 is 0 Å². The van der Waals surface area contributed by atoms with Gasteiger partial charge in [-0.25, -0.2) is 14.5 Å². The van der Waals surface area contributed by atoms with Crippen molar-refractivity contribution in [3.63, 3.8) is 0 Å². The molecular weight excluding hydrogens is 409 g/mol. The number of hydrogen-bond acceptors (Lipinski definition) is 6. The average Bonchev–Trinajstić information content (AvgIpc) is 2.98. The Hall–Kier alpha value is -2.38. The number of amides is 2. The fourth-order valence-electron chi connectivity index (χ4n) is 2.52. The summed E-state index contributed by atoms with van der Waals surface area (Å²) in [6.07, 6.45) is -6.57. The van der Waals surface area contributed by atoms with Gasteiger partial charge in [0.05, 0.1) is 6.54 Å². The summed E-state index contributed by atoms with van der Waals surface area (Å²) in [5.41, 5.74) is 1.60. The second-order valence-corrected chi connectivity index (χ2v) is 7.54. The highest BCUT2D eigenvalue weighted by atomic mass is 32.2. The molecule has 156 valence electrons. The van der Waals surface area contributed by atoms with Gasteiger partial charge in [-0.15, -0.1) is 0 Å². The maximum atomic E-state index is 12.2. The van der Waals surface area contributed by atoms with Gasteiger partial charge in [0.25, 0.3) is 5.91 Å². The Morgan fingerprint density at radius 3 is 2.50 bits per heavy atom. The highest BCUT2D eigenvalue weighted by molar-refractivity contribution is 7.81. The smallest absolute Gasteiger partial charge is 0.422 e. The largest absolute Gasteiger partial charge is 0.484 e. The van der Waals surface area contributed by atoms with Crippen molar-refractivity contribution in [2.24, 2.45) is 0 Å². The summed E-state index contributed by atoms with van der Waals surface area (Å²) in [5, 5.41) is 8.75. The number of hydrogen-bond donors (Lipinski definition) is 3. The number of carbonyl (C=O) groups is 2. The molecule has 1 aliphatic rings. The molecule has 0 spiro atoms. The molecule has 28 heavy (non-hydrogen) atoms. The van der Waals surface area contributed by atoms with Gasteiger partial charge >= 0.3 is 12.3 Å². The zero-order valence-electron chi connectivity index (χ0n) is 14.4. The number of benzene rings is 1. The van der Waals surface area contributed by atoms with Gasteiger partial charge in [-0.2, -0.15) is 13.2 Å². The minimum absolute atomic E-state index is 0.0481. The van der Waals surface area contributed by atoms with E-state index < -0.39 is 46.7 Å². The Balaban J connectivity index is 2.06. The van der Waals surface area contributed by atoms with Gasteiger partial charge in [0.15, 0.2) is 22.4 Å². The second kappa shape index (κ2) is 8.32. The Morgan fingerprint density at radius 2 is 2.00 bits per heavy atom. The van der Waals surface area contributed by atoms with Crippen molar-refractivity contribution in [1.82, 2.24) is 5.48 Å². The summed E-state index contributed by atoms with van der Waals surface area (Å²) >= 11 is -2.67. The monoisotopic (exact) mass is 426 g/mol. The van der Waals surface area contributed by atoms with Crippen molar-refractivity contribution < 1.29 is 46.2 Å². The number of hydroxylamine groups is 1.